The second kappa shape index (κ2) is 8.85. The standard InChI is InChI=1S/C15H18F3N.C7H4FN3O2/c1-19-8-11-6-10(7-12(11)9-19)13-4-2-3-5-14(13)15(16,17)18;8-13-5-1-2-6-9-10-7(4-12)11(6)3-5/h2-5,10-12H,6-9H2,1H3;1-4H. The minimum atomic E-state index is -4.23. The lowest BCUT2D eigenvalue weighted by atomic mass is 9.91. The van der Waals surface area contributed by atoms with Crippen LogP contribution in [0.4, 0.5) is 17.7 Å². The second-order valence-corrected chi connectivity index (χ2v) is 8.34. The zero-order valence-corrected chi connectivity index (χ0v) is 17.3. The Labute approximate surface area is 181 Å². The lowest BCUT2D eigenvalue weighted by molar-refractivity contribution is -0.138. The maximum absolute atomic E-state index is 13.0. The second-order valence-electron chi connectivity index (χ2n) is 8.34. The number of aromatic nitrogens is 3. The molecule has 2 aliphatic rings. The van der Waals surface area contributed by atoms with Crippen molar-refractivity contribution in [3.8, 4) is 5.75 Å². The van der Waals surface area contributed by atoms with Crippen LogP contribution in [0.5, 0.6) is 5.75 Å². The summed E-state index contributed by atoms with van der Waals surface area (Å²) in [6.45, 7) is 2.07. The highest BCUT2D eigenvalue weighted by atomic mass is 19.4. The Morgan fingerprint density at radius 1 is 1.06 bits per heavy atom. The van der Waals surface area contributed by atoms with E-state index in [0.717, 1.165) is 25.9 Å². The first-order valence-electron chi connectivity index (χ1n) is 10.2. The topological polar surface area (TPSA) is 59.7 Å². The summed E-state index contributed by atoms with van der Waals surface area (Å²) in [4.78, 5) is 16.2. The monoisotopic (exact) mass is 450 g/mol. The summed E-state index contributed by atoms with van der Waals surface area (Å²) in [6.07, 6.45) is -0.601. The Hall–Kier alpha value is -3.01. The molecule has 0 radical (unpaired) electrons. The minimum absolute atomic E-state index is 0.00426. The number of benzene rings is 1. The fourth-order valence-electron chi connectivity index (χ4n) is 4.91. The van der Waals surface area contributed by atoms with Crippen molar-refractivity contribution in [1.29, 1.82) is 0 Å². The van der Waals surface area contributed by atoms with E-state index in [1.54, 1.807) is 12.1 Å². The molecule has 6 nitrogen and oxygen atoms in total. The smallest absolute Gasteiger partial charge is 0.306 e. The summed E-state index contributed by atoms with van der Waals surface area (Å²) < 4.78 is 52.2. The van der Waals surface area contributed by atoms with Crippen molar-refractivity contribution >= 4 is 11.9 Å². The van der Waals surface area contributed by atoms with Crippen molar-refractivity contribution < 1.29 is 27.4 Å². The first-order chi connectivity index (χ1) is 15.3. The fourth-order valence-corrected chi connectivity index (χ4v) is 4.91. The van der Waals surface area contributed by atoms with E-state index in [2.05, 4.69) is 27.1 Å². The molecule has 1 aliphatic carbocycles. The van der Waals surface area contributed by atoms with Gasteiger partial charge in [-0.25, -0.2) is 0 Å². The van der Waals surface area contributed by atoms with Crippen molar-refractivity contribution in [1.82, 2.24) is 19.5 Å². The number of carbonyl (C=O) groups is 1. The van der Waals surface area contributed by atoms with Gasteiger partial charge in [0, 0.05) is 17.6 Å². The molecule has 0 spiro atoms. The number of nitrogens with zero attached hydrogens (tertiary/aromatic N) is 4. The molecular weight excluding hydrogens is 428 g/mol. The number of aldehydes is 1. The third-order valence-corrected chi connectivity index (χ3v) is 6.24. The molecule has 2 unspecified atom stereocenters. The lowest BCUT2D eigenvalue weighted by Crippen LogP contribution is -2.17. The van der Waals surface area contributed by atoms with E-state index >= 15 is 0 Å². The maximum atomic E-state index is 13.0. The number of hydrogen-bond acceptors (Lipinski definition) is 5. The van der Waals surface area contributed by atoms with Crippen LogP contribution in [-0.4, -0.2) is 45.9 Å². The highest BCUT2D eigenvalue weighted by Crippen LogP contribution is 2.48. The molecule has 1 saturated carbocycles. The summed E-state index contributed by atoms with van der Waals surface area (Å²) in [7, 11) is 2.09. The fraction of sp³-hybridized carbons (Fsp3) is 0.409. The van der Waals surface area contributed by atoms with Crippen LogP contribution in [0.1, 0.15) is 40.5 Å². The maximum Gasteiger partial charge on any atom is 0.416 e. The molecule has 32 heavy (non-hydrogen) atoms. The van der Waals surface area contributed by atoms with E-state index in [-0.39, 0.29) is 17.5 Å². The van der Waals surface area contributed by atoms with Gasteiger partial charge in [0.15, 0.2) is 17.7 Å². The Balaban J connectivity index is 0.000000165. The summed E-state index contributed by atoms with van der Waals surface area (Å²) in [5, 5.41) is 7.22. The summed E-state index contributed by atoms with van der Waals surface area (Å²) >= 11 is 0. The van der Waals surface area contributed by atoms with Crippen molar-refractivity contribution in [2.24, 2.45) is 11.8 Å². The predicted molar refractivity (Wildman–Crippen MR) is 108 cm³/mol. The molecule has 0 N–H and O–H groups in total. The largest absolute Gasteiger partial charge is 0.416 e. The van der Waals surface area contributed by atoms with Crippen molar-refractivity contribution in [2.75, 3.05) is 20.1 Å². The van der Waals surface area contributed by atoms with Gasteiger partial charge in [0.25, 0.3) is 0 Å². The number of halogens is 4. The average Bonchev–Trinajstić information content (AvgIpc) is 3.45. The van der Waals surface area contributed by atoms with Crippen LogP contribution in [0.3, 0.4) is 0 Å². The molecule has 170 valence electrons. The number of pyridine rings is 1. The van der Waals surface area contributed by atoms with E-state index in [4.69, 9.17) is 0 Å². The number of fused-ring (bicyclic) bond motifs is 2. The summed E-state index contributed by atoms with van der Waals surface area (Å²) in [5.74, 6) is 1.35. The SMILES string of the molecule is CN1CC2CC(c3ccccc3C(F)(F)F)CC2C1.O=Cc1nnc2ccc(OF)cn12. The third kappa shape index (κ3) is 4.45. The van der Waals surface area contributed by atoms with Crippen LogP contribution < -0.4 is 4.94 Å². The van der Waals surface area contributed by atoms with Gasteiger partial charge in [-0.1, -0.05) is 18.2 Å². The number of likely N-dealkylation sites (tertiary alicyclic amines) is 1. The number of hydrogen-bond donors (Lipinski definition) is 0. The van der Waals surface area contributed by atoms with Crippen molar-refractivity contribution in [2.45, 2.75) is 24.9 Å². The quantitative estimate of drug-likeness (QED) is 0.432. The molecule has 3 heterocycles. The number of rotatable bonds is 3. The molecule has 1 saturated heterocycles. The van der Waals surface area contributed by atoms with Crippen LogP contribution in [-0.2, 0) is 6.18 Å². The van der Waals surface area contributed by atoms with Gasteiger partial charge in [0.1, 0.15) is 0 Å². The number of carbonyl (C=O) groups excluding carboxylic acids is 1. The normalized spacial score (nSPS) is 23.0. The van der Waals surface area contributed by atoms with Gasteiger partial charge in [-0.05, 0) is 61.4 Å². The average molecular weight is 450 g/mol. The Morgan fingerprint density at radius 2 is 1.75 bits per heavy atom. The van der Waals surface area contributed by atoms with Gasteiger partial charge in [-0.2, -0.15) is 13.2 Å². The molecule has 2 aromatic heterocycles. The lowest BCUT2D eigenvalue weighted by Gasteiger charge is -2.19. The van der Waals surface area contributed by atoms with E-state index < -0.39 is 11.7 Å². The molecule has 0 bridgehead atoms. The van der Waals surface area contributed by atoms with Gasteiger partial charge < -0.3 is 4.90 Å². The van der Waals surface area contributed by atoms with Crippen LogP contribution in [0, 0.1) is 11.8 Å². The molecule has 3 aromatic rings. The van der Waals surface area contributed by atoms with Crippen molar-refractivity contribution in [3.63, 3.8) is 0 Å². The van der Waals surface area contributed by atoms with E-state index in [1.807, 2.05) is 0 Å². The minimum Gasteiger partial charge on any atom is -0.306 e. The molecule has 2 atom stereocenters. The predicted octanol–water partition coefficient (Wildman–Crippen LogP) is 4.57. The van der Waals surface area contributed by atoms with Crippen LogP contribution in [0.15, 0.2) is 42.6 Å². The summed E-state index contributed by atoms with van der Waals surface area (Å²) in [6, 6.07) is 8.97. The van der Waals surface area contributed by atoms with Gasteiger partial charge in [-0.3, -0.25) is 14.1 Å². The van der Waals surface area contributed by atoms with E-state index in [0.29, 0.717) is 29.3 Å². The Morgan fingerprint density at radius 3 is 2.38 bits per heavy atom. The van der Waals surface area contributed by atoms with E-state index in [9.17, 15) is 22.5 Å². The van der Waals surface area contributed by atoms with Gasteiger partial charge in [0.2, 0.25) is 5.82 Å². The first kappa shape index (κ1) is 22.2. The Kier molecular flexibility index (Phi) is 6.14. The summed E-state index contributed by atoms with van der Waals surface area (Å²) in [5.41, 5.74) is 0.531. The zero-order chi connectivity index (χ0) is 22.9. The van der Waals surface area contributed by atoms with Crippen molar-refractivity contribution in [3.05, 3.63) is 59.5 Å². The molecule has 2 fully saturated rings. The van der Waals surface area contributed by atoms with Crippen LogP contribution in [0.25, 0.3) is 5.65 Å². The number of alkyl halides is 3. The molecule has 1 aliphatic heterocycles. The van der Waals surface area contributed by atoms with Crippen LogP contribution in [0.2, 0.25) is 0 Å². The van der Waals surface area contributed by atoms with Gasteiger partial charge >= 0.3 is 6.18 Å². The molecular formula is C22H22F4N4O2. The van der Waals surface area contributed by atoms with Crippen LogP contribution >= 0.6 is 0 Å². The van der Waals surface area contributed by atoms with Gasteiger partial charge in [0.05, 0.1) is 11.8 Å². The third-order valence-electron chi connectivity index (χ3n) is 6.24. The van der Waals surface area contributed by atoms with E-state index in [1.165, 1.54) is 34.9 Å². The molecule has 10 heteroatoms. The molecule has 0 amide bonds. The Bertz CT molecular complexity index is 1090. The first-order valence-corrected chi connectivity index (χ1v) is 10.2. The highest BCUT2D eigenvalue weighted by Gasteiger charge is 2.43. The molecule has 1 aromatic carbocycles. The zero-order valence-electron chi connectivity index (χ0n) is 17.3. The highest BCUT2D eigenvalue weighted by molar-refractivity contribution is 5.70. The molecule has 5 rings (SSSR count). The van der Waals surface area contributed by atoms with Gasteiger partial charge in [-0.15, -0.1) is 10.2 Å².